The number of imidazole rings is 1. The van der Waals surface area contributed by atoms with Gasteiger partial charge in [-0.2, -0.15) is 0 Å². The van der Waals surface area contributed by atoms with Crippen LogP contribution in [0.2, 0.25) is 0 Å². The molecule has 2 nitrogen and oxygen atoms in total. The smallest absolute Gasteiger partial charge is 0.109 e. The summed E-state index contributed by atoms with van der Waals surface area (Å²) in [6, 6.07) is 0. The molecule has 68 valence electrons. The summed E-state index contributed by atoms with van der Waals surface area (Å²) in [5.74, 6) is 1.25. The summed E-state index contributed by atoms with van der Waals surface area (Å²) in [4.78, 5) is 4.53. The van der Waals surface area contributed by atoms with E-state index in [0.717, 1.165) is 13.0 Å². The second-order valence-corrected chi connectivity index (χ2v) is 3.19. The standard InChI is InChI=1S/C10H18N2/c1-5-7-10-11-8(3)9(4)12(10)6-2/h5-7H2,1-4H3. The van der Waals surface area contributed by atoms with Gasteiger partial charge >= 0.3 is 0 Å². The molecule has 12 heavy (non-hydrogen) atoms. The Kier molecular flexibility index (Phi) is 2.90. The van der Waals surface area contributed by atoms with Crippen molar-refractivity contribution in [2.45, 2.75) is 47.1 Å². The summed E-state index contributed by atoms with van der Waals surface area (Å²) in [5, 5.41) is 0. The van der Waals surface area contributed by atoms with Crippen LogP contribution in [0.4, 0.5) is 0 Å². The van der Waals surface area contributed by atoms with Gasteiger partial charge < -0.3 is 4.57 Å². The Bertz CT molecular complexity index is 261. The lowest BCUT2D eigenvalue weighted by Gasteiger charge is -2.04. The van der Waals surface area contributed by atoms with E-state index >= 15 is 0 Å². The van der Waals surface area contributed by atoms with E-state index in [-0.39, 0.29) is 0 Å². The molecule has 1 heterocycles. The zero-order chi connectivity index (χ0) is 9.14. The first-order valence-electron chi connectivity index (χ1n) is 4.73. The predicted octanol–water partition coefficient (Wildman–Crippen LogP) is 2.47. The highest BCUT2D eigenvalue weighted by molar-refractivity contribution is 5.14. The molecule has 0 spiro atoms. The number of aryl methyl sites for hydroxylation is 2. The number of hydrogen-bond donors (Lipinski definition) is 0. The molecule has 0 saturated heterocycles. The molecule has 0 amide bonds. The van der Waals surface area contributed by atoms with Crippen LogP contribution in [0.3, 0.4) is 0 Å². The third-order valence-corrected chi connectivity index (χ3v) is 2.33. The summed E-state index contributed by atoms with van der Waals surface area (Å²) in [7, 11) is 0. The second-order valence-electron chi connectivity index (χ2n) is 3.19. The fourth-order valence-electron chi connectivity index (χ4n) is 1.56. The predicted molar refractivity (Wildman–Crippen MR) is 51.4 cm³/mol. The molecular formula is C10H18N2. The first-order chi connectivity index (χ1) is 5.70. The van der Waals surface area contributed by atoms with Crippen molar-refractivity contribution < 1.29 is 0 Å². The van der Waals surface area contributed by atoms with E-state index in [4.69, 9.17) is 0 Å². The maximum absolute atomic E-state index is 4.53. The Labute approximate surface area is 74.6 Å². The molecule has 1 aromatic rings. The lowest BCUT2D eigenvalue weighted by molar-refractivity contribution is 0.668. The van der Waals surface area contributed by atoms with Crippen molar-refractivity contribution in [3.63, 3.8) is 0 Å². The fraction of sp³-hybridized carbons (Fsp3) is 0.700. The minimum Gasteiger partial charge on any atom is -0.332 e. The maximum Gasteiger partial charge on any atom is 0.109 e. The van der Waals surface area contributed by atoms with Crippen LogP contribution in [0.5, 0.6) is 0 Å². The second kappa shape index (κ2) is 3.74. The van der Waals surface area contributed by atoms with Gasteiger partial charge in [-0.3, -0.25) is 0 Å². The average molecular weight is 166 g/mol. The molecule has 0 N–H and O–H groups in total. The van der Waals surface area contributed by atoms with Crippen LogP contribution in [0, 0.1) is 13.8 Å². The summed E-state index contributed by atoms with van der Waals surface area (Å²) in [6.45, 7) is 9.64. The van der Waals surface area contributed by atoms with E-state index in [1.54, 1.807) is 0 Å². The third kappa shape index (κ3) is 1.52. The number of aromatic nitrogens is 2. The van der Waals surface area contributed by atoms with Gasteiger partial charge in [0, 0.05) is 18.7 Å². The first-order valence-corrected chi connectivity index (χ1v) is 4.73. The van der Waals surface area contributed by atoms with Crippen molar-refractivity contribution in [3.8, 4) is 0 Å². The van der Waals surface area contributed by atoms with E-state index in [9.17, 15) is 0 Å². The van der Waals surface area contributed by atoms with Gasteiger partial charge in [0.25, 0.3) is 0 Å². The van der Waals surface area contributed by atoms with Crippen LogP contribution in [-0.4, -0.2) is 9.55 Å². The largest absolute Gasteiger partial charge is 0.332 e. The van der Waals surface area contributed by atoms with Gasteiger partial charge in [0.05, 0.1) is 5.69 Å². The molecule has 0 radical (unpaired) electrons. The topological polar surface area (TPSA) is 17.8 Å². The molecule has 2 heteroatoms. The highest BCUT2D eigenvalue weighted by Gasteiger charge is 2.07. The van der Waals surface area contributed by atoms with E-state index in [1.807, 2.05) is 0 Å². The van der Waals surface area contributed by atoms with Gasteiger partial charge in [0.15, 0.2) is 0 Å². The van der Waals surface area contributed by atoms with Crippen LogP contribution in [0.15, 0.2) is 0 Å². The van der Waals surface area contributed by atoms with Gasteiger partial charge in [-0.25, -0.2) is 4.98 Å². The highest BCUT2D eigenvalue weighted by atomic mass is 15.1. The minimum absolute atomic E-state index is 1.04. The molecule has 0 unspecified atom stereocenters. The first kappa shape index (κ1) is 9.30. The fourth-order valence-corrected chi connectivity index (χ4v) is 1.56. The van der Waals surface area contributed by atoms with E-state index < -0.39 is 0 Å². The molecular weight excluding hydrogens is 148 g/mol. The Balaban J connectivity index is 3.02. The third-order valence-electron chi connectivity index (χ3n) is 2.33. The lowest BCUT2D eigenvalue weighted by atomic mass is 10.3. The zero-order valence-electron chi connectivity index (χ0n) is 8.52. The van der Waals surface area contributed by atoms with Crippen LogP contribution < -0.4 is 0 Å². The molecule has 0 aliphatic rings. The van der Waals surface area contributed by atoms with Gasteiger partial charge in [-0.1, -0.05) is 6.92 Å². The van der Waals surface area contributed by atoms with Crippen molar-refractivity contribution >= 4 is 0 Å². The van der Waals surface area contributed by atoms with Crippen LogP contribution in [0.1, 0.15) is 37.5 Å². The number of nitrogens with zero attached hydrogens (tertiary/aromatic N) is 2. The number of hydrogen-bond acceptors (Lipinski definition) is 1. The maximum atomic E-state index is 4.53. The molecule has 0 aliphatic carbocycles. The molecule has 0 saturated carbocycles. The Hall–Kier alpha value is -0.790. The average Bonchev–Trinajstić information content (AvgIpc) is 2.29. The molecule has 1 rings (SSSR count). The quantitative estimate of drug-likeness (QED) is 0.674. The van der Waals surface area contributed by atoms with Crippen molar-refractivity contribution in [2.75, 3.05) is 0 Å². The lowest BCUT2D eigenvalue weighted by Crippen LogP contribution is -2.02. The highest BCUT2D eigenvalue weighted by Crippen LogP contribution is 2.11. The van der Waals surface area contributed by atoms with Crippen LogP contribution in [0.25, 0.3) is 0 Å². The summed E-state index contributed by atoms with van der Waals surface area (Å²) in [5.41, 5.74) is 2.50. The monoisotopic (exact) mass is 166 g/mol. The van der Waals surface area contributed by atoms with Crippen molar-refractivity contribution in [2.24, 2.45) is 0 Å². The van der Waals surface area contributed by atoms with Gasteiger partial charge in [-0.15, -0.1) is 0 Å². The van der Waals surface area contributed by atoms with E-state index in [2.05, 4.69) is 37.2 Å². The SMILES string of the molecule is CCCc1nc(C)c(C)n1CC. The minimum atomic E-state index is 1.04. The molecule has 1 aromatic heterocycles. The Morgan fingerprint density at radius 2 is 1.92 bits per heavy atom. The summed E-state index contributed by atoms with van der Waals surface area (Å²) >= 11 is 0. The van der Waals surface area contributed by atoms with Gasteiger partial charge in [-0.05, 0) is 27.2 Å². The van der Waals surface area contributed by atoms with E-state index in [0.29, 0.717) is 0 Å². The van der Waals surface area contributed by atoms with Crippen molar-refractivity contribution in [1.82, 2.24) is 9.55 Å². The molecule has 0 aliphatic heterocycles. The molecule has 0 bridgehead atoms. The van der Waals surface area contributed by atoms with Gasteiger partial charge in [0.1, 0.15) is 5.82 Å². The summed E-state index contributed by atoms with van der Waals surface area (Å²) in [6.07, 6.45) is 2.28. The molecule has 0 fully saturated rings. The zero-order valence-corrected chi connectivity index (χ0v) is 8.52. The molecule has 0 aromatic carbocycles. The van der Waals surface area contributed by atoms with Crippen LogP contribution in [-0.2, 0) is 13.0 Å². The van der Waals surface area contributed by atoms with Crippen molar-refractivity contribution in [1.29, 1.82) is 0 Å². The number of rotatable bonds is 3. The molecule has 0 atom stereocenters. The Morgan fingerprint density at radius 3 is 2.42 bits per heavy atom. The summed E-state index contributed by atoms with van der Waals surface area (Å²) < 4.78 is 2.30. The van der Waals surface area contributed by atoms with Gasteiger partial charge in [0.2, 0.25) is 0 Å². The van der Waals surface area contributed by atoms with E-state index in [1.165, 1.54) is 23.6 Å². The normalized spacial score (nSPS) is 10.7. The van der Waals surface area contributed by atoms with Crippen molar-refractivity contribution in [3.05, 3.63) is 17.2 Å². The van der Waals surface area contributed by atoms with Crippen LogP contribution >= 0.6 is 0 Å². The Morgan fingerprint density at radius 1 is 1.25 bits per heavy atom.